The molecule has 0 amide bonds. The third kappa shape index (κ3) is 2.69. The van der Waals surface area contributed by atoms with Gasteiger partial charge in [0.15, 0.2) is 0 Å². The van der Waals surface area contributed by atoms with Gasteiger partial charge in [0.05, 0.1) is 4.92 Å². The quantitative estimate of drug-likeness (QED) is 0.425. The first-order chi connectivity index (χ1) is 6.13. The van der Waals surface area contributed by atoms with Crippen LogP contribution < -0.4 is 0 Å². The number of hydrogen-bond acceptors (Lipinski definition) is 3. The van der Waals surface area contributed by atoms with Gasteiger partial charge in [0, 0.05) is 12.4 Å². The lowest BCUT2D eigenvalue weighted by Gasteiger charge is -2.05. The van der Waals surface area contributed by atoms with Crippen LogP contribution in [0.3, 0.4) is 0 Å². The van der Waals surface area contributed by atoms with E-state index in [1.807, 2.05) is 6.92 Å². The Bertz CT molecular complexity index is 300. The minimum atomic E-state index is -0.463. The number of aromatic nitrogens is 2. The van der Waals surface area contributed by atoms with Crippen LogP contribution in [0.4, 0.5) is 5.69 Å². The molecule has 1 aromatic rings. The first-order valence-electron chi connectivity index (χ1n) is 3.86. The van der Waals surface area contributed by atoms with Crippen molar-refractivity contribution >= 4 is 17.3 Å². The van der Waals surface area contributed by atoms with Crippen LogP contribution >= 0.6 is 11.6 Å². The number of halogens is 1. The molecule has 1 unspecified atom stereocenters. The Balaban J connectivity index is 2.64. The molecule has 0 aliphatic carbocycles. The smallest absolute Gasteiger partial charge is 0.265 e. The highest BCUT2D eigenvalue weighted by atomic mass is 35.5. The Morgan fingerprint density at radius 2 is 2.54 bits per heavy atom. The zero-order valence-corrected chi connectivity index (χ0v) is 7.94. The van der Waals surface area contributed by atoms with E-state index < -0.39 is 4.92 Å². The second kappa shape index (κ2) is 4.23. The molecular weight excluding hydrogens is 194 g/mol. The van der Waals surface area contributed by atoms with Gasteiger partial charge in [0.25, 0.3) is 0 Å². The molecule has 1 atom stereocenters. The molecule has 0 saturated heterocycles. The summed E-state index contributed by atoms with van der Waals surface area (Å²) in [6.45, 7) is 2.57. The first kappa shape index (κ1) is 9.98. The van der Waals surface area contributed by atoms with E-state index in [1.165, 1.54) is 17.1 Å². The van der Waals surface area contributed by atoms with Crippen LogP contribution in [0.5, 0.6) is 0 Å². The van der Waals surface area contributed by atoms with Crippen molar-refractivity contribution in [2.75, 3.05) is 5.88 Å². The zero-order chi connectivity index (χ0) is 9.84. The summed E-state index contributed by atoms with van der Waals surface area (Å²) < 4.78 is 1.53. The maximum Gasteiger partial charge on any atom is 0.306 e. The second-order valence-electron chi connectivity index (χ2n) is 2.94. The summed E-state index contributed by atoms with van der Waals surface area (Å²) in [7, 11) is 0. The number of nitrogens with zero attached hydrogens (tertiary/aromatic N) is 3. The fraction of sp³-hybridized carbons (Fsp3) is 0.571. The van der Waals surface area contributed by atoms with Crippen LogP contribution in [0.15, 0.2) is 12.4 Å². The molecule has 0 spiro atoms. The molecular formula is C7H10ClN3O2. The van der Waals surface area contributed by atoms with Crippen molar-refractivity contribution < 1.29 is 4.92 Å². The van der Waals surface area contributed by atoms with Crippen LogP contribution in [0.2, 0.25) is 0 Å². The first-order valence-corrected chi connectivity index (χ1v) is 4.39. The highest BCUT2D eigenvalue weighted by Gasteiger charge is 2.09. The molecule has 0 bridgehead atoms. The lowest BCUT2D eigenvalue weighted by Crippen LogP contribution is -2.08. The normalized spacial score (nSPS) is 12.8. The molecule has 0 aliphatic heterocycles. The largest absolute Gasteiger partial charge is 0.306 e. The van der Waals surface area contributed by atoms with E-state index in [2.05, 4.69) is 5.10 Å². The van der Waals surface area contributed by atoms with Gasteiger partial charge in [-0.3, -0.25) is 14.8 Å². The van der Waals surface area contributed by atoms with E-state index in [0.717, 1.165) is 0 Å². The fourth-order valence-electron chi connectivity index (χ4n) is 0.915. The predicted octanol–water partition coefficient (Wildman–Crippen LogP) is 1.67. The van der Waals surface area contributed by atoms with Gasteiger partial charge in [-0.2, -0.15) is 5.10 Å². The van der Waals surface area contributed by atoms with Gasteiger partial charge in [-0.05, 0) is 5.92 Å². The van der Waals surface area contributed by atoms with Crippen molar-refractivity contribution in [3.8, 4) is 0 Å². The highest BCUT2D eigenvalue weighted by molar-refractivity contribution is 6.18. The van der Waals surface area contributed by atoms with Crippen LogP contribution in [0, 0.1) is 16.0 Å². The van der Waals surface area contributed by atoms with Gasteiger partial charge in [-0.25, -0.2) is 0 Å². The van der Waals surface area contributed by atoms with Crippen molar-refractivity contribution in [3.63, 3.8) is 0 Å². The Kier molecular flexibility index (Phi) is 3.25. The Morgan fingerprint density at radius 1 is 1.85 bits per heavy atom. The molecule has 0 N–H and O–H groups in total. The number of hydrogen-bond donors (Lipinski definition) is 0. The SMILES string of the molecule is CC(CCl)Cn1cc([N+](=O)[O-])cn1. The third-order valence-corrected chi connectivity index (χ3v) is 2.12. The monoisotopic (exact) mass is 203 g/mol. The van der Waals surface area contributed by atoms with Crippen LogP contribution in [0.1, 0.15) is 6.92 Å². The van der Waals surface area contributed by atoms with E-state index in [4.69, 9.17) is 11.6 Å². The second-order valence-corrected chi connectivity index (χ2v) is 3.25. The van der Waals surface area contributed by atoms with Crippen molar-refractivity contribution in [3.05, 3.63) is 22.5 Å². The van der Waals surface area contributed by atoms with Gasteiger partial charge in [-0.1, -0.05) is 6.92 Å². The summed E-state index contributed by atoms with van der Waals surface area (Å²) in [4.78, 5) is 9.83. The van der Waals surface area contributed by atoms with Gasteiger partial charge < -0.3 is 0 Å². The Morgan fingerprint density at radius 3 is 3.00 bits per heavy atom. The molecule has 0 fully saturated rings. The molecule has 1 aromatic heterocycles. The number of alkyl halides is 1. The Labute approximate surface area is 80.5 Å². The maximum absolute atomic E-state index is 10.3. The molecule has 5 nitrogen and oxygen atoms in total. The van der Waals surface area contributed by atoms with Gasteiger partial charge >= 0.3 is 5.69 Å². The molecule has 0 aromatic carbocycles. The number of rotatable bonds is 4. The lowest BCUT2D eigenvalue weighted by atomic mass is 10.2. The predicted molar refractivity (Wildman–Crippen MR) is 48.8 cm³/mol. The zero-order valence-electron chi connectivity index (χ0n) is 7.18. The van der Waals surface area contributed by atoms with Crippen LogP contribution in [0.25, 0.3) is 0 Å². The van der Waals surface area contributed by atoms with Crippen LogP contribution in [-0.2, 0) is 6.54 Å². The van der Waals surface area contributed by atoms with Crippen molar-refractivity contribution in [1.29, 1.82) is 0 Å². The summed E-state index contributed by atoms with van der Waals surface area (Å²) >= 11 is 5.60. The van der Waals surface area contributed by atoms with Crippen LogP contribution in [-0.4, -0.2) is 20.6 Å². The van der Waals surface area contributed by atoms with E-state index in [0.29, 0.717) is 12.4 Å². The van der Waals surface area contributed by atoms with E-state index in [9.17, 15) is 10.1 Å². The molecule has 0 aliphatic rings. The van der Waals surface area contributed by atoms with Crippen molar-refractivity contribution in [2.45, 2.75) is 13.5 Å². The molecule has 1 heterocycles. The topological polar surface area (TPSA) is 61.0 Å². The van der Waals surface area contributed by atoms with Crippen molar-refractivity contribution in [2.24, 2.45) is 5.92 Å². The summed E-state index contributed by atoms with van der Waals surface area (Å²) in [5.74, 6) is 0.786. The lowest BCUT2D eigenvalue weighted by molar-refractivity contribution is -0.385. The summed E-state index contributed by atoms with van der Waals surface area (Å²) in [5, 5.41) is 14.1. The van der Waals surface area contributed by atoms with Gasteiger partial charge in [0.1, 0.15) is 12.4 Å². The molecule has 0 radical (unpaired) electrons. The third-order valence-electron chi connectivity index (χ3n) is 1.59. The number of nitro groups is 1. The summed E-state index contributed by atoms with van der Waals surface area (Å²) in [6, 6.07) is 0. The van der Waals surface area contributed by atoms with Crippen molar-refractivity contribution in [1.82, 2.24) is 9.78 Å². The minimum absolute atomic E-state index is 0.0155. The fourth-order valence-corrected chi connectivity index (χ4v) is 1.01. The molecule has 0 saturated carbocycles. The summed E-state index contributed by atoms with van der Waals surface area (Å²) in [6.07, 6.45) is 2.64. The average Bonchev–Trinajstić information content (AvgIpc) is 2.52. The van der Waals surface area contributed by atoms with Gasteiger partial charge in [-0.15, -0.1) is 11.6 Å². The molecule has 6 heteroatoms. The maximum atomic E-state index is 10.3. The van der Waals surface area contributed by atoms with E-state index in [1.54, 1.807) is 0 Å². The highest BCUT2D eigenvalue weighted by Crippen LogP contribution is 2.10. The molecule has 13 heavy (non-hydrogen) atoms. The molecule has 1 rings (SSSR count). The van der Waals surface area contributed by atoms with Gasteiger partial charge in [0.2, 0.25) is 0 Å². The Hall–Kier alpha value is -1.10. The average molecular weight is 204 g/mol. The molecule has 72 valence electrons. The van der Waals surface area contributed by atoms with E-state index >= 15 is 0 Å². The summed E-state index contributed by atoms with van der Waals surface area (Å²) in [5.41, 5.74) is 0.0155. The van der Waals surface area contributed by atoms with E-state index in [-0.39, 0.29) is 11.6 Å². The minimum Gasteiger partial charge on any atom is -0.265 e. The standard InChI is InChI=1S/C7H10ClN3O2/c1-6(2-8)4-10-5-7(3-9-10)11(12)13/h3,5-6H,2,4H2,1H3.